The Balaban J connectivity index is 1.89. The van der Waals surface area contributed by atoms with E-state index in [9.17, 15) is 0 Å². The van der Waals surface area contributed by atoms with Gasteiger partial charge in [-0.15, -0.1) is 0 Å². The monoisotopic (exact) mass is 270 g/mol. The number of aromatic nitrogens is 3. The molecule has 0 aliphatic rings. The van der Waals surface area contributed by atoms with E-state index in [0.29, 0.717) is 0 Å². The first-order chi connectivity index (χ1) is 9.36. The lowest BCUT2D eigenvalue weighted by molar-refractivity contribution is 1.03. The largest absolute Gasteiger partial charge is 0.372 e. The maximum absolute atomic E-state index is 4.58. The Hall–Kier alpha value is -2.01. The third-order valence-corrected chi connectivity index (χ3v) is 3.84. The number of hydrogen-bond donors (Lipinski definition) is 1. The Bertz CT molecular complexity index is 678. The van der Waals surface area contributed by atoms with Crippen LogP contribution < -0.4 is 5.32 Å². The molecular weight excluding hydrogens is 256 g/mol. The summed E-state index contributed by atoms with van der Waals surface area (Å²) in [6.07, 6.45) is 5.67. The van der Waals surface area contributed by atoms with Gasteiger partial charge in [0.15, 0.2) is 5.65 Å². The summed E-state index contributed by atoms with van der Waals surface area (Å²) in [6, 6.07) is 10.4. The average molecular weight is 270 g/mol. The molecule has 0 saturated carbocycles. The molecular formula is C14H14N4S. The number of nitrogens with zero attached hydrogens (tertiary/aromatic N) is 3. The standard InChI is InChI=1S/C14H14N4S/c1-15-12-9-18-8-7-16-13(18)14(17-12)19-10-11-5-3-2-4-6-11/h2-9,15H,10H2,1H3. The van der Waals surface area contributed by atoms with E-state index in [1.54, 1.807) is 18.0 Å². The number of nitrogens with one attached hydrogen (secondary N) is 1. The van der Waals surface area contributed by atoms with Crippen LogP contribution in [0.3, 0.4) is 0 Å². The van der Waals surface area contributed by atoms with Crippen LogP contribution >= 0.6 is 11.8 Å². The summed E-state index contributed by atoms with van der Waals surface area (Å²) in [7, 11) is 1.87. The summed E-state index contributed by atoms with van der Waals surface area (Å²) in [5, 5.41) is 4.02. The van der Waals surface area contributed by atoms with Crippen molar-refractivity contribution in [3.8, 4) is 0 Å². The fourth-order valence-corrected chi connectivity index (χ4v) is 2.79. The molecule has 19 heavy (non-hydrogen) atoms. The third kappa shape index (κ3) is 2.56. The summed E-state index contributed by atoms with van der Waals surface area (Å²) >= 11 is 1.70. The fourth-order valence-electron chi connectivity index (χ4n) is 1.85. The van der Waals surface area contributed by atoms with Gasteiger partial charge >= 0.3 is 0 Å². The Morgan fingerprint density at radius 2 is 2.11 bits per heavy atom. The third-order valence-electron chi connectivity index (χ3n) is 2.82. The average Bonchev–Trinajstić information content (AvgIpc) is 2.94. The quantitative estimate of drug-likeness (QED) is 0.740. The molecule has 3 rings (SSSR count). The first-order valence-corrected chi connectivity index (χ1v) is 7.03. The Morgan fingerprint density at radius 1 is 1.26 bits per heavy atom. The van der Waals surface area contributed by atoms with Crippen molar-refractivity contribution in [3.63, 3.8) is 0 Å². The van der Waals surface area contributed by atoms with Gasteiger partial charge in [0.25, 0.3) is 0 Å². The number of fused-ring (bicyclic) bond motifs is 1. The van der Waals surface area contributed by atoms with E-state index in [2.05, 4.69) is 39.6 Å². The zero-order chi connectivity index (χ0) is 13.1. The van der Waals surface area contributed by atoms with Crippen LogP contribution in [0.1, 0.15) is 5.56 Å². The van der Waals surface area contributed by atoms with Gasteiger partial charge in [0.1, 0.15) is 10.8 Å². The minimum atomic E-state index is 0.848. The molecule has 1 aromatic carbocycles. The van der Waals surface area contributed by atoms with Crippen molar-refractivity contribution in [1.29, 1.82) is 0 Å². The van der Waals surface area contributed by atoms with Crippen molar-refractivity contribution in [2.45, 2.75) is 10.8 Å². The van der Waals surface area contributed by atoms with Gasteiger partial charge < -0.3 is 9.72 Å². The summed E-state index contributed by atoms with van der Waals surface area (Å²) in [5.41, 5.74) is 2.19. The highest BCUT2D eigenvalue weighted by Gasteiger charge is 2.07. The van der Waals surface area contributed by atoms with E-state index >= 15 is 0 Å². The fraction of sp³-hybridized carbons (Fsp3) is 0.143. The van der Waals surface area contributed by atoms with Gasteiger partial charge in [0, 0.05) is 25.2 Å². The van der Waals surface area contributed by atoms with Crippen LogP contribution in [0.25, 0.3) is 5.65 Å². The number of benzene rings is 1. The van der Waals surface area contributed by atoms with Gasteiger partial charge in [-0.25, -0.2) is 9.97 Å². The Kier molecular flexibility index (Phi) is 3.37. The zero-order valence-corrected chi connectivity index (χ0v) is 11.4. The van der Waals surface area contributed by atoms with E-state index in [0.717, 1.165) is 22.2 Å². The zero-order valence-electron chi connectivity index (χ0n) is 10.6. The van der Waals surface area contributed by atoms with Gasteiger partial charge in [0.05, 0.1) is 6.20 Å². The van der Waals surface area contributed by atoms with Crippen LogP contribution in [0.15, 0.2) is 53.9 Å². The molecule has 0 unspecified atom stereocenters. The number of hydrogen-bond acceptors (Lipinski definition) is 4. The number of imidazole rings is 1. The Labute approximate surface area is 115 Å². The highest BCUT2D eigenvalue weighted by Crippen LogP contribution is 2.25. The van der Waals surface area contributed by atoms with Crippen LogP contribution in [0.4, 0.5) is 5.82 Å². The lowest BCUT2D eigenvalue weighted by atomic mass is 10.2. The normalized spacial score (nSPS) is 10.8. The van der Waals surface area contributed by atoms with E-state index < -0.39 is 0 Å². The van der Waals surface area contributed by atoms with Gasteiger partial charge in [-0.3, -0.25) is 0 Å². The Morgan fingerprint density at radius 3 is 2.89 bits per heavy atom. The van der Waals surface area contributed by atoms with E-state index in [1.165, 1.54) is 5.56 Å². The number of thioether (sulfide) groups is 1. The lowest BCUT2D eigenvalue weighted by Gasteiger charge is -2.06. The maximum Gasteiger partial charge on any atom is 0.169 e. The van der Waals surface area contributed by atoms with Crippen molar-refractivity contribution >= 4 is 23.2 Å². The second kappa shape index (κ2) is 5.32. The van der Waals surface area contributed by atoms with E-state index in [1.807, 2.05) is 29.9 Å². The molecule has 96 valence electrons. The first kappa shape index (κ1) is 12.0. The predicted octanol–water partition coefficient (Wildman–Crippen LogP) is 3.06. The highest BCUT2D eigenvalue weighted by atomic mass is 32.2. The minimum Gasteiger partial charge on any atom is -0.372 e. The summed E-state index contributed by atoms with van der Waals surface area (Å²) < 4.78 is 1.99. The van der Waals surface area contributed by atoms with Crippen molar-refractivity contribution in [2.75, 3.05) is 12.4 Å². The number of anilines is 1. The molecule has 0 fully saturated rings. The molecule has 0 amide bonds. The molecule has 2 heterocycles. The molecule has 0 bridgehead atoms. The van der Waals surface area contributed by atoms with Crippen molar-refractivity contribution in [1.82, 2.24) is 14.4 Å². The summed E-state index contributed by atoms with van der Waals surface area (Å²) in [6.45, 7) is 0. The first-order valence-electron chi connectivity index (χ1n) is 6.05. The second-order valence-corrected chi connectivity index (χ2v) is 5.08. The van der Waals surface area contributed by atoms with Crippen molar-refractivity contribution in [2.24, 2.45) is 0 Å². The molecule has 0 spiro atoms. The number of rotatable bonds is 4. The molecule has 0 aliphatic heterocycles. The van der Waals surface area contributed by atoms with E-state index in [-0.39, 0.29) is 0 Å². The summed E-state index contributed by atoms with van der Waals surface area (Å²) in [4.78, 5) is 8.93. The van der Waals surface area contributed by atoms with Gasteiger partial charge in [-0.1, -0.05) is 42.1 Å². The summed E-state index contributed by atoms with van der Waals surface area (Å²) in [5.74, 6) is 1.74. The van der Waals surface area contributed by atoms with Gasteiger partial charge in [-0.2, -0.15) is 0 Å². The van der Waals surface area contributed by atoms with Gasteiger partial charge in [-0.05, 0) is 5.56 Å². The minimum absolute atomic E-state index is 0.848. The predicted molar refractivity (Wildman–Crippen MR) is 78.5 cm³/mol. The molecule has 0 saturated heterocycles. The van der Waals surface area contributed by atoms with Crippen molar-refractivity contribution < 1.29 is 0 Å². The molecule has 4 nitrogen and oxygen atoms in total. The second-order valence-electron chi connectivity index (χ2n) is 4.11. The van der Waals surface area contributed by atoms with Gasteiger partial charge in [0.2, 0.25) is 0 Å². The van der Waals surface area contributed by atoms with Crippen LogP contribution in [-0.2, 0) is 5.75 Å². The van der Waals surface area contributed by atoms with Crippen LogP contribution in [-0.4, -0.2) is 21.4 Å². The molecule has 5 heteroatoms. The lowest BCUT2D eigenvalue weighted by Crippen LogP contribution is -1.98. The molecule has 3 aromatic rings. The highest BCUT2D eigenvalue weighted by molar-refractivity contribution is 7.98. The molecule has 0 radical (unpaired) electrons. The van der Waals surface area contributed by atoms with Crippen molar-refractivity contribution in [3.05, 3.63) is 54.5 Å². The molecule has 1 N–H and O–H groups in total. The van der Waals surface area contributed by atoms with Crippen LogP contribution in [0.5, 0.6) is 0 Å². The van der Waals surface area contributed by atoms with E-state index in [4.69, 9.17) is 0 Å². The topological polar surface area (TPSA) is 42.2 Å². The van der Waals surface area contributed by atoms with Crippen LogP contribution in [0, 0.1) is 0 Å². The maximum atomic E-state index is 4.58. The molecule has 2 aromatic heterocycles. The van der Waals surface area contributed by atoms with Crippen LogP contribution in [0.2, 0.25) is 0 Å². The molecule has 0 atom stereocenters. The molecule has 0 aliphatic carbocycles. The SMILES string of the molecule is CNc1cn2ccnc2c(SCc2ccccc2)n1. The smallest absolute Gasteiger partial charge is 0.169 e.